The van der Waals surface area contributed by atoms with Gasteiger partial charge in [0.1, 0.15) is 11.4 Å². The van der Waals surface area contributed by atoms with Crippen LogP contribution in [-0.2, 0) is 22.2 Å². The molecule has 1 aromatic heterocycles. The molecular weight excluding hydrogens is 556 g/mol. The highest BCUT2D eigenvalue weighted by Crippen LogP contribution is 2.37. The number of amides is 2. The first-order valence-corrected chi connectivity index (χ1v) is 11.8. The number of anilines is 1. The normalized spacial score (nSPS) is 11.7. The highest BCUT2D eigenvalue weighted by molar-refractivity contribution is 6.32. The number of nitroso groups, excluding NO2 is 1. The molecule has 1 heterocycles. The Kier molecular flexibility index (Phi) is 7.96. The van der Waals surface area contributed by atoms with Crippen LogP contribution in [0.2, 0.25) is 5.02 Å². The van der Waals surface area contributed by atoms with Gasteiger partial charge in [0.15, 0.2) is 0 Å². The monoisotopic (exact) mass is 572 g/mol. The number of halogens is 5. The van der Waals surface area contributed by atoms with E-state index in [2.05, 4.69) is 10.5 Å². The number of alkyl halides is 3. The molecular formula is C28H17ClF4N2O5. The van der Waals surface area contributed by atoms with Crippen LogP contribution in [0.3, 0.4) is 0 Å². The molecule has 2 amide bonds. The van der Waals surface area contributed by atoms with Gasteiger partial charge in [0.25, 0.3) is 0 Å². The third-order valence-electron chi connectivity index (χ3n) is 5.86. The van der Waals surface area contributed by atoms with Crippen molar-refractivity contribution in [3.05, 3.63) is 109 Å². The Morgan fingerprint density at radius 1 is 1.10 bits per heavy atom. The summed E-state index contributed by atoms with van der Waals surface area (Å²) >= 11 is 6.21. The van der Waals surface area contributed by atoms with Crippen molar-refractivity contribution >= 4 is 46.1 Å². The summed E-state index contributed by atoms with van der Waals surface area (Å²) in [6.07, 6.45) is -3.38. The molecule has 3 aromatic carbocycles. The number of carbonyl (C=O) groups excluding carboxylic acids is 2. The third kappa shape index (κ3) is 6.15. The van der Waals surface area contributed by atoms with E-state index < -0.39 is 47.1 Å². The number of hydrogen-bond donors (Lipinski definition) is 1. The van der Waals surface area contributed by atoms with Crippen LogP contribution >= 0.6 is 11.6 Å². The van der Waals surface area contributed by atoms with Gasteiger partial charge in [0.2, 0.25) is 5.91 Å². The molecule has 0 unspecified atom stereocenters. The summed E-state index contributed by atoms with van der Waals surface area (Å²) in [5, 5.41) is 5.07. The maximum absolute atomic E-state index is 13.5. The van der Waals surface area contributed by atoms with Gasteiger partial charge in [-0.3, -0.25) is 9.59 Å². The van der Waals surface area contributed by atoms with Crippen molar-refractivity contribution in [3.63, 3.8) is 0 Å². The SMILES string of the molecule is Cc1cc2c(-c3cccc(/C=C/C(=O)N=O)c3)c(CC(=O)Nc3ccc(F)cc3C(F)(F)F)c(=O)oc2cc1Cl. The van der Waals surface area contributed by atoms with Crippen LogP contribution < -0.4 is 10.9 Å². The molecule has 0 fully saturated rings. The number of carbonyl (C=O) groups is 2. The lowest BCUT2D eigenvalue weighted by atomic mass is 9.93. The number of nitrogens with zero attached hydrogens (tertiary/aromatic N) is 1. The Balaban J connectivity index is 1.85. The number of nitrogens with one attached hydrogen (secondary N) is 1. The summed E-state index contributed by atoms with van der Waals surface area (Å²) in [6, 6.07) is 11.2. The van der Waals surface area contributed by atoms with Crippen molar-refractivity contribution in [1.29, 1.82) is 0 Å². The van der Waals surface area contributed by atoms with Crippen LogP contribution in [0.4, 0.5) is 23.2 Å². The van der Waals surface area contributed by atoms with Crippen molar-refractivity contribution in [2.45, 2.75) is 19.5 Å². The number of aryl methyl sites for hydroxylation is 1. The van der Waals surface area contributed by atoms with Crippen LogP contribution in [0, 0.1) is 17.6 Å². The van der Waals surface area contributed by atoms with Gasteiger partial charge in [-0.1, -0.05) is 29.8 Å². The maximum atomic E-state index is 13.5. The Morgan fingerprint density at radius 3 is 2.55 bits per heavy atom. The van der Waals surface area contributed by atoms with Gasteiger partial charge in [-0.15, -0.1) is 4.91 Å². The van der Waals surface area contributed by atoms with E-state index in [9.17, 15) is 36.9 Å². The number of benzene rings is 3. The van der Waals surface area contributed by atoms with Gasteiger partial charge in [-0.05, 0) is 60.0 Å². The molecule has 0 saturated carbocycles. The van der Waals surface area contributed by atoms with Crippen LogP contribution in [0.15, 0.2) is 75.1 Å². The molecule has 4 rings (SSSR count). The molecule has 0 aliphatic carbocycles. The number of rotatable bonds is 6. The predicted molar refractivity (Wildman–Crippen MR) is 141 cm³/mol. The van der Waals surface area contributed by atoms with Crippen LogP contribution in [0.1, 0.15) is 22.3 Å². The average Bonchev–Trinajstić information content (AvgIpc) is 2.89. The topological polar surface area (TPSA) is 106 Å². The van der Waals surface area contributed by atoms with E-state index in [4.69, 9.17) is 16.0 Å². The molecule has 0 bridgehead atoms. The Bertz CT molecular complexity index is 1760. The highest BCUT2D eigenvalue weighted by atomic mass is 35.5. The molecule has 0 atom stereocenters. The number of hydrogen-bond acceptors (Lipinski definition) is 5. The van der Waals surface area contributed by atoms with Crippen molar-refractivity contribution in [2.24, 2.45) is 5.18 Å². The lowest BCUT2D eigenvalue weighted by Gasteiger charge is -2.16. The first-order chi connectivity index (χ1) is 18.9. The Morgan fingerprint density at radius 2 is 1.85 bits per heavy atom. The predicted octanol–water partition coefficient (Wildman–Crippen LogP) is 7.07. The molecule has 40 heavy (non-hydrogen) atoms. The first kappa shape index (κ1) is 28.4. The van der Waals surface area contributed by atoms with Gasteiger partial charge >= 0.3 is 17.7 Å². The third-order valence-corrected chi connectivity index (χ3v) is 6.27. The summed E-state index contributed by atoms with van der Waals surface area (Å²) in [6.45, 7) is 1.70. The molecule has 0 spiro atoms. The fourth-order valence-electron chi connectivity index (χ4n) is 4.07. The van der Waals surface area contributed by atoms with Gasteiger partial charge in [-0.25, -0.2) is 9.18 Å². The zero-order valence-electron chi connectivity index (χ0n) is 20.4. The second kappa shape index (κ2) is 11.2. The average molecular weight is 573 g/mol. The summed E-state index contributed by atoms with van der Waals surface area (Å²) in [4.78, 5) is 47.7. The van der Waals surface area contributed by atoms with E-state index in [1.54, 1.807) is 37.3 Å². The first-order valence-electron chi connectivity index (χ1n) is 11.5. The van der Waals surface area contributed by atoms with Gasteiger partial charge in [0.05, 0.1) is 23.2 Å². The van der Waals surface area contributed by atoms with Gasteiger partial charge in [-0.2, -0.15) is 13.2 Å². The Labute approximate surface area is 228 Å². The van der Waals surface area contributed by atoms with Crippen LogP contribution in [-0.4, -0.2) is 11.8 Å². The fourth-order valence-corrected chi connectivity index (χ4v) is 4.22. The summed E-state index contributed by atoms with van der Waals surface area (Å²) in [7, 11) is 0. The van der Waals surface area contributed by atoms with Gasteiger partial charge in [0, 0.05) is 33.3 Å². The van der Waals surface area contributed by atoms with Crippen LogP contribution in [0.5, 0.6) is 0 Å². The fraction of sp³-hybridized carbons (Fsp3) is 0.107. The molecule has 0 saturated heterocycles. The lowest BCUT2D eigenvalue weighted by molar-refractivity contribution is -0.137. The van der Waals surface area contributed by atoms with E-state index in [1.165, 1.54) is 12.1 Å². The standard InChI is InChI=1S/C28H17ClF4N2O5/c1-14-9-18-23(13-21(14)29)40-27(38)19(26(18)16-4-2-3-15(10-16)5-8-24(36)35-39)12-25(37)34-22-7-6-17(30)11-20(22)28(31,32)33/h2-11,13H,12H2,1H3,(H,34,37)/b8-5+. The van der Waals surface area contributed by atoms with E-state index in [-0.39, 0.29) is 22.8 Å². The zero-order valence-corrected chi connectivity index (χ0v) is 21.2. The summed E-state index contributed by atoms with van der Waals surface area (Å²) in [5.41, 5.74) is -1.40. The second-order valence-electron chi connectivity index (χ2n) is 8.64. The lowest BCUT2D eigenvalue weighted by Crippen LogP contribution is -2.22. The minimum atomic E-state index is -4.96. The zero-order chi connectivity index (χ0) is 29.2. The summed E-state index contributed by atoms with van der Waals surface area (Å²) in [5.74, 6) is -3.15. The number of fused-ring (bicyclic) bond motifs is 1. The molecule has 1 N–H and O–H groups in total. The maximum Gasteiger partial charge on any atom is 0.418 e. The Hall–Kier alpha value is -4.64. The van der Waals surface area contributed by atoms with Crippen molar-refractivity contribution in [2.75, 3.05) is 5.32 Å². The molecule has 4 aromatic rings. The minimum Gasteiger partial charge on any atom is -0.422 e. The van der Waals surface area contributed by atoms with Gasteiger partial charge < -0.3 is 9.73 Å². The molecule has 0 aliphatic rings. The molecule has 0 radical (unpaired) electrons. The van der Waals surface area contributed by atoms with E-state index in [0.29, 0.717) is 27.1 Å². The highest BCUT2D eigenvalue weighted by Gasteiger charge is 2.34. The second-order valence-corrected chi connectivity index (χ2v) is 9.05. The van der Waals surface area contributed by atoms with Crippen molar-refractivity contribution in [1.82, 2.24) is 0 Å². The van der Waals surface area contributed by atoms with E-state index >= 15 is 0 Å². The molecule has 7 nitrogen and oxygen atoms in total. The smallest absolute Gasteiger partial charge is 0.418 e. The van der Waals surface area contributed by atoms with Crippen molar-refractivity contribution < 1.29 is 31.6 Å². The van der Waals surface area contributed by atoms with Crippen LogP contribution in [0.25, 0.3) is 28.2 Å². The van der Waals surface area contributed by atoms with E-state index in [0.717, 1.165) is 18.2 Å². The molecule has 204 valence electrons. The largest absolute Gasteiger partial charge is 0.422 e. The minimum absolute atomic E-state index is 0.0962. The van der Waals surface area contributed by atoms with Crippen molar-refractivity contribution in [3.8, 4) is 11.1 Å². The molecule has 0 aliphatic heterocycles. The molecule has 12 heteroatoms. The summed E-state index contributed by atoms with van der Waals surface area (Å²) < 4.78 is 59.2. The van der Waals surface area contributed by atoms with E-state index in [1.807, 2.05) is 0 Å². The quantitative estimate of drug-likeness (QED) is 0.115.